The van der Waals surface area contributed by atoms with E-state index in [4.69, 9.17) is 10.8 Å². The van der Waals surface area contributed by atoms with Crippen LogP contribution in [0.4, 0.5) is 0 Å². The Morgan fingerprint density at radius 2 is 2.20 bits per heavy atom. The third-order valence-electron chi connectivity index (χ3n) is 3.59. The van der Waals surface area contributed by atoms with E-state index in [-0.39, 0.29) is 12.2 Å². The summed E-state index contributed by atoms with van der Waals surface area (Å²) in [6.07, 6.45) is 0.172. The molecule has 0 amide bonds. The minimum Gasteiger partial charge on any atom is -0.481 e. The molecule has 0 aromatic rings. The third kappa shape index (κ3) is 2.01. The maximum atomic E-state index is 11.6. The van der Waals surface area contributed by atoms with Crippen molar-refractivity contribution in [3.8, 4) is 0 Å². The number of hydrogen-bond acceptors (Lipinski definition) is 4. The first-order valence-electron chi connectivity index (χ1n) is 4.91. The van der Waals surface area contributed by atoms with Gasteiger partial charge in [0.25, 0.3) is 0 Å². The van der Waals surface area contributed by atoms with Gasteiger partial charge in [0.1, 0.15) is 0 Å². The molecule has 0 radical (unpaired) electrons. The van der Waals surface area contributed by atoms with E-state index in [1.165, 1.54) is 0 Å². The van der Waals surface area contributed by atoms with E-state index in [1.807, 2.05) is 0 Å². The highest BCUT2D eigenvalue weighted by Gasteiger charge is 2.52. The normalized spacial score (nSPS) is 36.3. The second kappa shape index (κ2) is 3.75. The van der Waals surface area contributed by atoms with Crippen molar-refractivity contribution in [1.29, 1.82) is 0 Å². The number of rotatable bonds is 3. The second-order valence-electron chi connectivity index (χ2n) is 4.35. The van der Waals surface area contributed by atoms with Gasteiger partial charge in [-0.2, -0.15) is 0 Å². The molecule has 3 atom stereocenters. The maximum Gasteiger partial charge on any atom is 0.304 e. The summed E-state index contributed by atoms with van der Waals surface area (Å²) in [5, 5.41) is 8.16. The Balaban J connectivity index is 3.10. The molecule has 1 saturated heterocycles. The minimum absolute atomic E-state index is 0.0446. The number of hydrogen-bond donors (Lipinski definition) is 2. The lowest BCUT2D eigenvalue weighted by atomic mass is 9.74. The van der Waals surface area contributed by atoms with Crippen molar-refractivity contribution in [3.05, 3.63) is 0 Å². The van der Waals surface area contributed by atoms with Crippen molar-refractivity contribution >= 4 is 15.8 Å². The Hall–Kier alpha value is -0.620. The van der Waals surface area contributed by atoms with Crippen LogP contribution >= 0.6 is 0 Å². The van der Waals surface area contributed by atoms with Gasteiger partial charge in [-0.3, -0.25) is 4.79 Å². The van der Waals surface area contributed by atoms with Crippen LogP contribution in [0.25, 0.3) is 0 Å². The molecule has 1 rings (SSSR count). The molecule has 88 valence electrons. The van der Waals surface area contributed by atoms with Gasteiger partial charge in [-0.05, 0) is 20.3 Å². The van der Waals surface area contributed by atoms with Crippen molar-refractivity contribution in [2.75, 3.05) is 5.75 Å². The number of carboxylic acids is 1. The Kier molecular flexibility index (Phi) is 3.11. The quantitative estimate of drug-likeness (QED) is 0.717. The maximum absolute atomic E-state index is 11.6. The number of nitrogens with two attached hydrogens (primary N) is 1. The van der Waals surface area contributed by atoms with Crippen molar-refractivity contribution in [2.24, 2.45) is 11.1 Å². The molecule has 3 unspecified atom stereocenters. The molecule has 1 heterocycles. The monoisotopic (exact) mass is 235 g/mol. The Morgan fingerprint density at radius 3 is 2.47 bits per heavy atom. The van der Waals surface area contributed by atoms with Crippen molar-refractivity contribution in [3.63, 3.8) is 0 Å². The molecule has 0 aromatic carbocycles. The predicted molar refractivity (Wildman–Crippen MR) is 56.2 cm³/mol. The van der Waals surface area contributed by atoms with Gasteiger partial charge >= 0.3 is 5.97 Å². The van der Waals surface area contributed by atoms with Crippen LogP contribution in [0.2, 0.25) is 0 Å². The van der Waals surface area contributed by atoms with Gasteiger partial charge in [-0.25, -0.2) is 8.42 Å². The van der Waals surface area contributed by atoms with Gasteiger partial charge in [0.2, 0.25) is 0 Å². The molecular weight excluding hydrogens is 218 g/mol. The Bertz CT molecular complexity index is 362. The summed E-state index contributed by atoms with van der Waals surface area (Å²) in [5.74, 6) is -0.945. The summed E-state index contributed by atoms with van der Waals surface area (Å²) >= 11 is 0. The number of aliphatic carboxylic acids is 1. The average Bonchev–Trinajstić information content (AvgIpc) is 2.29. The van der Waals surface area contributed by atoms with Gasteiger partial charge in [0.05, 0.1) is 17.4 Å². The van der Waals surface area contributed by atoms with Crippen LogP contribution in [-0.4, -0.2) is 36.5 Å². The zero-order valence-electron chi connectivity index (χ0n) is 8.93. The number of carbonyl (C=O) groups is 1. The SMILES string of the molecule is CC(N)C1(CC(=O)O)CCS(=O)(=O)C1C. The zero-order valence-corrected chi connectivity index (χ0v) is 9.75. The molecule has 5 nitrogen and oxygen atoms in total. The summed E-state index contributed by atoms with van der Waals surface area (Å²) in [4.78, 5) is 10.8. The lowest BCUT2D eigenvalue weighted by Crippen LogP contribution is -2.46. The summed E-state index contributed by atoms with van der Waals surface area (Å²) in [6.45, 7) is 3.24. The summed E-state index contributed by atoms with van der Waals surface area (Å²) in [5.41, 5.74) is 4.96. The van der Waals surface area contributed by atoms with Crippen LogP contribution in [0.3, 0.4) is 0 Å². The first kappa shape index (κ1) is 12.4. The van der Waals surface area contributed by atoms with Crippen LogP contribution < -0.4 is 5.73 Å². The molecule has 0 saturated carbocycles. The van der Waals surface area contributed by atoms with Gasteiger partial charge in [-0.1, -0.05) is 0 Å². The van der Waals surface area contributed by atoms with E-state index >= 15 is 0 Å². The highest BCUT2D eigenvalue weighted by atomic mass is 32.2. The van der Waals surface area contributed by atoms with Crippen LogP contribution in [0.1, 0.15) is 26.7 Å². The van der Waals surface area contributed by atoms with E-state index in [0.29, 0.717) is 6.42 Å². The largest absolute Gasteiger partial charge is 0.481 e. The van der Waals surface area contributed by atoms with Crippen molar-refractivity contribution < 1.29 is 18.3 Å². The lowest BCUT2D eigenvalue weighted by Gasteiger charge is -2.34. The smallest absolute Gasteiger partial charge is 0.304 e. The van der Waals surface area contributed by atoms with Crippen molar-refractivity contribution in [1.82, 2.24) is 0 Å². The molecule has 3 N–H and O–H groups in total. The Morgan fingerprint density at radius 1 is 1.67 bits per heavy atom. The van der Waals surface area contributed by atoms with E-state index in [9.17, 15) is 13.2 Å². The molecule has 1 aliphatic heterocycles. The fourth-order valence-corrected chi connectivity index (χ4v) is 4.49. The van der Waals surface area contributed by atoms with E-state index in [1.54, 1.807) is 13.8 Å². The lowest BCUT2D eigenvalue weighted by molar-refractivity contribution is -0.140. The highest BCUT2D eigenvalue weighted by Crippen LogP contribution is 2.43. The van der Waals surface area contributed by atoms with Gasteiger partial charge in [0, 0.05) is 11.5 Å². The van der Waals surface area contributed by atoms with Crippen LogP contribution in [0.5, 0.6) is 0 Å². The molecule has 0 aliphatic carbocycles. The minimum atomic E-state index is -3.17. The van der Waals surface area contributed by atoms with E-state index in [0.717, 1.165) is 0 Å². The van der Waals surface area contributed by atoms with Crippen molar-refractivity contribution in [2.45, 2.75) is 38.0 Å². The number of carboxylic acid groups (broad SMARTS) is 1. The number of sulfone groups is 1. The topological polar surface area (TPSA) is 97.5 Å². The molecule has 0 bridgehead atoms. The van der Waals surface area contributed by atoms with E-state index < -0.39 is 32.5 Å². The summed E-state index contributed by atoms with van der Waals surface area (Å²) < 4.78 is 23.2. The third-order valence-corrected chi connectivity index (χ3v) is 5.91. The molecule has 1 fully saturated rings. The molecular formula is C9H17NO4S. The fraction of sp³-hybridized carbons (Fsp3) is 0.889. The molecule has 15 heavy (non-hydrogen) atoms. The molecule has 0 aromatic heterocycles. The summed E-state index contributed by atoms with van der Waals surface area (Å²) in [7, 11) is -3.17. The molecule has 6 heteroatoms. The van der Waals surface area contributed by atoms with Crippen LogP contribution in [0, 0.1) is 5.41 Å². The average molecular weight is 235 g/mol. The van der Waals surface area contributed by atoms with Gasteiger partial charge < -0.3 is 10.8 Å². The highest BCUT2D eigenvalue weighted by molar-refractivity contribution is 7.92. The first-order valence-corrected chi connectivity index (χ1v) is 6.63. The first-order chi connectivity index (χ1) is 6.72. The Labute approximate surface area is 89.6 Å². The van der Waals surface area contributed by atoms with Crippen LogP contribution in [0.15, 0.2) is 0 Å². The molecule has 0 spiro atoms. The van der Waals surface area contributed by atoms with Gasteiger partial charge in [-0.15, -0.1) is 0 Å². The molecule has 1 aliphatic rings. The standard InChI is InChI=1S/C9H17NO4S/c1-6(10)9(5-8(11)12)3-4-15(13,14)7(9)2/h6-7H,3-5,10H2,1-2H3,(H,11,12). The van der Waals surface area contributed by atoms with E-state index in [2.05, 4.69) is 0 Å². The van der Waals surface area contributed by atoms with Crippen LogP contribution in [-0.2, 0) is 14.6 Å². The van der Waals surface area contributed by atoms with Gasteiger partial charge in [0.15, 0.2) is 9.84 Å². The summed E-state index contributed by atoms with van der Waals surface area (Å²) in [6, 6.07) is -0.430. The second-order valence-corrected chi connectivity index (χ2v) is 6.79. The zero-order chi connectivity index (χ0) is 11.9. The predicted octanol–water partition coefficient (Wildman–Crippen LogP) is 0.00170. The fourth-order valence-electron chi connectivity index (χ4n) is 2.34.